The van der Waals surface area contributed by atoms with Gasteiger partial charge in [-0.2, -0.15) is 0 Å². The zero-order chi connectivity index (χ0) is 16.8. The van der Waals surface area contributed by atoms with Crippen LogP contribution < -0.4 is 20.1 Å². The lowest BCUT2D eigenvalue weighted by molar-refractivity contribution is -0.114. The third kappa shape index (κ3) is 4.50. The molecule has 5 nitrogen and oxygen atoms in total. The van der Waals surface area contributed by atoms with Crippen LogP contribution in [0.4, 0.5) is 15.8 Å². The van der Waals surface area contributed by atoms with Gasteiger partial charge in [0.25, 0.3) is 0 Å². The van der Waals surface area contributed by atoms with Crippen LogP contribution in [-0.2, 0) is 4.79 Å². The fourth-order valence-electron chi connectivity index (χ4n) is 1.93. The van der Waals surface area contributed by atoms with Gasteiger partial charge in [-0.25, -0.2) is 4.39 Å². The predicted octanol–water partition coefficient (Wildman–Crippen LogP) is 3.55. The van der Waals surface area contributed by atoms with E-state index in [0.29, 0.717) is 22.9 Å². The van der Waals surface area contributed by atoms with Gasteiger partial charge >= 0.3 is 0 Å². The Labute approximate surface area is 138 Å². The number of nitrogens with one attached hydrogen (secondary N) is 2. The van der Waals surface area contributed by atoms with Crippen molar-refractivity contribution in [2.45, 2.75) is 0 Å². The second kappa shape index (κ2) is 7.69. The quantitative estimate of drug-likeness (QED) is 0.845. The van der Waals surface area contributed by atoms with Crippen LogP contribution in [0.3, 0.4) is 0 Å². The number of amides is 1. The summed E-state index contributed by atoms with van der Waals surface area (Å²) in [5, 5.41) is 5.77. The van der Waals surface area contributed by atoms with Gasteiger partial charge in [0, 0.05) is 11.8 Å². The molecule has 0 unspecified atom stereocenters. The van der Waals surface area contributed by atoms with E-state index in [0.717, 1.165) is 0 Å². The van der Waals surface area contributed by atoms with Gasteiger partial charge in [0.1, 0.15) is 5.82 Å². The molecule has 0 aromatic heterocycles. The molecular weight excluding hydrogens is 323 g/mol. The van der Waals surface area contributed by atoms with Crippen molar-refractivity contribution in [2.24, 2.45) is 0 Å². The SMILES string of the molecule is COc1ccc(NC(=O)CNc2ccc(F)cc2Cl)cc1OC. The highest BCUT2D eigenvalue weighted by Crippen LogP contribution is 2.29. The van der Waals surface area contributed by atoms with E-state index < -0.39 is 5.82 Å². The smallest absolute Gasteiger partial charge is 0.243 e. The first-order chi connectivity index (χ1) is 11.0. The van der Waals surface area contributed by atoms with Gasteiger partial charge in [0.05, 0.1) is 31.5 Å². The molecule has 0 aliphatic carbocycles. The molecule has 0 bridgehead atoms. The van der Waals surface area contributed by atoms with Gasteiger partial charge in [-0.15, -0.1) is 0 Å². The average molecular weight is 339 g/mol. The maximum Gasteiger partial charge on any atom is 0.243 e. The van der Waals surface area contributed by atoms with E-state index in [2.05, 4.69) is 10.6 Å². The highest BCUT2D eigenvalue weighted by atomic mass is 35.5. The van der Waals surface area contributed by atoms with E-state index in [1.165, 1.54) is 32.4 Å². The number of methoxy groups -OCH3 is 2. The Morgan fingerprint density at radius 1 is 1.13 bits per heavy atom. The van der Waals surface area contributed by atoms with Crippen LogP contribution in [0.15, 0.2) is 36.4 Å². The van der Waals surface area contributed by atoms with Crippen LogP contribution in [-0.4, -0.2) is 26.7 Å². The normalized spacial score (nSPS) is 10.1. The minimum absolute atomic E-state index is 0.0142. The van der Waals surface area contributed by atoms with E-state index in [1.54, 1.807) is 18.2 Å². The van der Waals surface area contributed by atoms with E-state index in [9.17, 15) is 9.18 Å². The predicted molar refractivity (Wildman–Crippen MR) is 88.1 cm³/mol. The molecule has 2 N–H and O–H groups in total. The maximum atomic E-state index is 13.0. The van der Waals surface area contributed by atoms with Crippen LogP contribution in [0.25, 0.3) is 0 Å². The lowest BCUT2D eigenvalue weighted by atomic mass is 10.2. The molecule has 2 rings (SSSR count). The van der Waals surface area contributed by atoms with Crippen molar-refractivity contribution in [3.63, 3.8) is 0 Å². The molecule has 2 aromatic rings. The summed E-state index contributed by atoms with van der Waals surface area (Å²) >= 11 is 5.88. The largest absolute Gasteiger partial charge is 0.493 e. The van der Waals surface area contributed by atoms with Crippen molar-refractivity contribution in [1.82, 2.24) is 0 Å². The Morgan fingerprint density at radius 3 is 2.52 bits per heavy atom. The Balaban J connectivity index is 1.97. The van der Waals surface area contributed by atoms with E-state index in [4.69, 9.17) is 21.1 Å². The molecule has 0 fully saturated rings. The first kappa shape index (κ1) is 16.9. The van der Waals surface area contributed by atoms with Crippen molar-refractivity contribution in [2.75, 3.05) is 31.4 Å². The second-order valence-corrected chi connectivity index (χ2v) is 5.00. The first-order valence-electron chi connectivity index (χ1n) is 6.74. The number of hydrogen-bond donors (Lipinski definition) is 2. The molecule has 0 atom stereocenters. The van der Waals surface area contributed by atoms with Gasteiger partial charge in [-0.3, -0.25) is 4.79 Å². The molecule has 2 aromatic carbocycles. The minimum Gasteiger partial charge on any atom is -0.493 e. The summed E-state index contributed by atoms with van der Waals surface area (Å²) in [7, 11) is 3.05. The highest BCUT2D eigenvalue weighted by Gasteiger charge is 2.08. The van der Waals surface area contributed by atoms with Gasteiger partial charge in [-0.1, -0.05) is 11.6 Å². The lowest BCUT2D eigenvalue weighted by Gasteiger charge is -2.12. The fraction of sp³-hybridized carbons (Fsp3) is 0.188. The Kier molecular flexibility index (Phi) is 5.65. The summed E-state index contributed by atoms with van der Waals surface area (Å²) < 4.78 is 23.3. The lowest BCUT2D eigenvalue weighted by Crippen LogP contribution is -2.21. The number of ether oxygens (including phenoxy) is 2. The number of hydrogen-bond acceptors (Lipinski definition) is 4. The number of anilines is 2. The summed E-state index contributed by atoms with van der Waals surface area (Å²) in [6.07, 6.45) is 0. The molecule has 0 aliphatic heterocycles. The van der Waals surface area contributed by atoms with Crippen LogP contribution in [0.2, 0.25) is 5.02 Å². The van der Waals surface area contributed by atoms with Crippen LogP contribution in [0, 0.1) is 5.82 Å². The van der Waals surface area contributed by atoms with E-state index >= 15 is 0 Å². The summed E-state index contributed by atoms with van der Waals surface area (Å²) in [4.78, 5) is 12.0. The summed E-state index contributed by atoms with van der Waals surface area (Å²) in [6.45, 7) is -0.0142. The molecule has 0 saturated heterocycles. The van der Waals surface area contributed by atoms with Gasteiger partial charge in [0.15, 0.2) is 11.5 Å². The molecule has 0 saturated carbocycles. The molecule has 0 spiro atoms. The first-order valence-corrected chi connectivity index (χ1v) is 7.12. The Bertz CT molecular complexity index is 710. The van der Waals surface area contributed by atoms with Crippen molar-refractivity contribution < 1.29 is 18.7 Å². The van der Waals surface area contributed by atoms with Crippen molar-refractivity contribution in [1.29, 1.82) is 0 Å². The second-order valence-electron chi connectivity index (χ2n) is 4.60. The van der Waals surface area contributed by atoms with Gasteiger partial charge < -0.3 is 20.1 Å². The van der Waals surface area contributed by atoms with Gasteiger partial charge in [-0.05, 0) is 30.3 Å². The third-order valence-corrected chi connectivity index (χ3v) is 3.35. The molecule has 23 heavy (non-hydrogen) atoms. The van der Waals surface area contributed by atoms with E-state index in [1.807, 2.05) is 0 Å². The molecule has 1 amide bonds. The maximum absolute atomic E-state index is 13.0. The topological polar surface area (TPSA) is 59.6 Å². The minimum atomic E-state index is -0.435. The van der Waals surface area contributed by atoms with Crippen molar-refractivity contribution in [3.8, 4) is 11.5 Å². The van der Waals surface area contributed by atoms with Crippen molar-refractivity contribution in [3.05, 3.63) is 47.2 Å². The monoisotopic (exact) mass is 338 g/mol. The Hall–Kier alpha value is -2.47. The zero-order valence-corrected chi connectivity index (χ0v) is 13.4. The standard InChI is InChI=1S/C16H16ClFN2O3/c1-22-14-6-4-11(8-15(14)23-2)20-16(21)9-19-13-5-3-10(18)7-12(13)17/h3-8,19H,9H2,1-2H3,(H,20,21). The molecule has 122 valence electrons. The number of carbonyl (C=O) groups excluding carboxylic acids is 1. The molecule has 0 heterocycles. The molecule has 7 heteroatoms. The summed E-state index contributed by atoms with van der Waals surface area (Å²) in [5.41, 5.74) is 1.05. The average Bonchev–Trinajstić information content (AvgIpc) is 2.54. The highest BCUT2D eigenvalue weighted by molar-refractivity contribution is 6.33. The fourth-order valence-corrected chi connectivity index (χ4v) is 2.16. The number of benzene rings is 2. The van der Waals surface area contributed by atoms with E-state index in [-0.39, 0.29) is 17.5 Å². The van der Waals surface area contributed by atoms with Crippen molar-refractivity contribution >= 4 is 28.9 Å². The Morgan fingerprint density at radius 2 is 1.87 bits per heavy atom. The summed E-state index contributed by atoms with van der Waals surface area (Å²) in [5.74, 6) is 0.370. The third-order valence-electron chi connectivity index (χ3n) is 3.04. The molecule has 0 radical (unpaired) electrons. The number of rotatable bonds is 6. The molecular formula is C16H16ClFN2O3. The summed E-state index contributed by atoms with van der Waals surface area (Å²) in [6, 6.07) is 8.96. The van der Waals surface area contributed by atoms with Crippen LogP contribution in [0.5, 0.6) is 11.5 Å². The molecule has 0 aliphatic rings. The zero-order valence-electron chi connectivity index (χ0n) is 12.7. The number of halogens is 2. The van der Waals surface area contributed by atoms with Crippen LogP contribution >= 0.6 is 11.6 Å². The van der Waals surface area contributed by atoms with Gasteiger partial charge in [0.2, 0.25) is 5.91 Å². The number of carbonyl (C=O) groups is 1. The van der Waals surface area contributed by atoms with Crippen LogP contribution in [0.1, 0.15) is 0 Å².